The summed E-state index contributed by atoms with van der Waals surface area (Å²) in [6, 6.07) is 13.0. The van der Waals surface area contributed by atoms with Crippen LogP contribution in [0.25, 0.3) is 11.3 Å². The Labute approximate surface area is 203 Å². The van der Waals surface area contributed by atoms with E-state index in [2.05, 4.69) is 24.0 Å². The summed E-state index contributed by atoms with van der Waals surface area (Å²) in [4.78, 5) is 19.6. The van der Waals surface area contributed by atoms with Crippen LogP contribution in [0.1, 0.15) is 39.0 Å². The number of methoxy groups -OCH3 is 2. The number of aromatic nitrogens is 3. The van der Waals surface area contributed by atoms with Crippen molar-refractivity contribution in [3.8, 4) is 28.6 Å². The van der Waals surface area contributed by atoms with Crippen LogP contribution < -0.4 is 19.1 Å². The molecule has 0 aliphatic carbocycles. The molecule has 2 heterocycles. The molecule has 0 saturated carbocycles. The summed E-state index contributed by atoms with van der Waals surface area (Å²) in [7, 11) is 3.17. The van der Waals surface area contributed by atoms with Crippen LogP contribution in [0.4, 0.5) is 5.69 Å². The Morgan fingerprint density at radius 3 is 2.65 bits per heavy atom. The number of para-hydroxylation sites is 1. The molecule has 0 saturated heterocycles. The molecule has 1 atom stereocenters. The third-order valence-corrected chi connectivity index (χ3v) is 6.60. The van der Waals surface area contributed by atoms with E-state index in [1.165, 1.54) is 11.8 Å². The van der Waals surface area contributed by atoms with Crippen molar-refractivity contribution in [3.63, 3.8) is 0 Å². The van der Waals surface area contributed by atoms with Crippen LogP contribution in [0.15, 0.2) is 47.6 Å². The normalized spacial score (nSPS) is 14.6. The van der Waals surface area contributed by atoms with E-state index in [1.807, 2.05) is 43.3 Å². The molecule has 1 aliphatic rings. The molecule has 1 unspecified atom stereocenters. The van der Waals surface area contributed by atoms with Crippen LogP contribution in [0.5, 0.6) is 17.4 Å². The number of nitrogens with zero attached hydrogens (tertiary/aromatic N) is 4. The first-order chi connectivity index (χ1) is 16.5. The minimum absolute atomic E-state index is 0.106. The number of ether oxygens (including phenoxy) is 3. The van der Waals surface area contributed by atoms with E-state index in [-0.39, 0.29) is 12.3 Å². The second-order valence-corrected chi connectivity index (χ2v) is 9.15. The van der Waals surface area contributed by atoms with Gasteiger partial charge in [0.1, 0.15) is 11.5 Å². The molecule has 8 nitrogen and oxygen atoms in total. The molecule has 178 valence electrons. The Bertz CT molecular complexity index is 1190. The predicted molar refractivity (Wildman–Crippen MR) is 132 cm³/mol. The van der Waals surface area contributed by atoms with Gasteiger partial charge in [0.05, 0.1) is 25.5 Å². The highest BCUT2D eigenvalue weighted by molar-refractivity contribution is 7.99. The molecule has 0 N–H and O–H groups in total. The van der Waals surface area contributed by atoms with E-state index in [0.29, 0.717) is 45.4 Å². The van der Waals surface area contributed by atoms with E-state index < -0.39 is 6.23 Å². The third kappa shape index (κ3) is 4.65. The molecule has 1 aromatic heterocycles. The zero-order chi connectivity index (χ0) is 24.2. The molecule has 1 amide bonds. The van der Waals surface area contributed by atoms with Crippen molar-refractivity contribution in [2.24, 2.45) is 5.92 Å². The van der Waals surface area contributed by atoms with Crippen molar-refractivity contribution < 1.29 is 19.0 Å². The van der Waals surface area contributed by atoms with Crippen LogP contribution in [-0.4, -0.2) is 41.1 Å². The molecule has 0 spiro atoms. The lowest BCUT2D eigenvalue weighted by Gasteiger charge is -2.31. The second-order valence-electron chi connectivity index (χ2n) is 8.17. The van der Waals surface area contributed by atoms with Crippen molar-refractivity contribution in [3.05, 3.63) is 48.0 Å². The quantitative estimate of drug-likeness (QED) is 0.430. The number of hydrogen-bond donors (Lipinski definition) is 0. The molecule has 1 aliphatic heterocycles. The first-order valence-electron chi connectivity index (χ1n) is 11.1. The first kappa shape index (κ1) is 23.8. The number of fused-ring (bicyclic) bond motifs is 3. The van der Waals surface area contributed by atoms with Crippen molar-refractivity contribution in [1.82, 2.24) is 15.2 Å². The van der Waals surface area contributed by atoms with Gasteiger partial charge in [-0.1, -0.05) is 50.7 Å². The lowest BCUT2D eigenvalue weighted by Crippen LogP contribution is -2.37. The van der Waals surface area contributed by atoms with E-state index >= 15 is 0 Å². The average molecular weight is 481 g/mol. The van der Waals surface area contributed by atoms with Crippen LogP contribution >= 0.6 is 11.8 Å². The lowest BCUT2D eigenvalue weighted by atomic mass is 10.1. The van der Waals surface area contributed by atoms with Crippen LogP contribution in [-0.2, 0) is 4.79 Å². The Balaban J connectivity index is 1.91. The van der Waals surface area contributed by atoms with Crippen molar-refractivity contribution in [1.29, 1.82) is 0 Å². The van der Waals surface area contributed by atoms with Crippen molar-refractivity contribution in [2.45, 2.75) is 38.6 Å². The lowest BCUT2D eigenvalue weighted by molar-refractivity contribution is -0.120. The molecule has 34 heavy (non-hydrogen) atoms. The maximum atomic E-state index is 13.3. The number of thioether (sulfide) groups is 1. The third-order valence-electron chi connectivity index (χ3n) is 5.34. The summed E-state index contributed by atoms with van der Waals surface area (Å²) in [5, 5.41) is 9.32. The van der Waals surface area contributed by atoms with E-state index in [9.17, 15) is 4.79 Å². The SMILES string of the molecule is CCC(=O)N1c2ccccc2-c2nnc(SCC(C)C)nc2OC1c1ccc(OC)cc1OC. The van der Waals surface area contributed by atoms with Gasteiger partial charge in [-0.3, -0.25) is 9.69 Å². The fourth-order valence-electron chi connectivity index (χ4n) is 3.68. The Morgan fingerprint density at radius 2 is 1.94 bits per heavy atom. The molecular formula is C25H28N4O4S. The predicted octanol–water partition coefficient (Wildman–Crippen LogP) is 5.14. The van der Waals surface area contributed by atoms with Gasteiger partial charge in [-0.05, 0) is 24.1 Å². The summed E-state index contributed by atoms with van der Waals surface area (Å²) in [5.41, 5.74) is 2.57. The topological polar surface area (TPSA) is 86.7 Å². The number of anilines is 1. The molecule has 2 aromatic carbocycles. The molecule has 3 aromatic rings. The van der Waals surface area contributed by atoms with E-state index in [1.54, 1.807) is 25.2 Å². The van der Waals surface area contributed by atoms with Crippen molar-refractivity contribution in [2.75, 3.05) is 24.9 Å². The molecular weight excluding hydrogens is 452 g/mol. The molecule has 4 rings (SSSR count). The Morgan fingerprint density at radius 1 is 1.15 bits per heavy atom. The van der Waals surface area contributed by atoms with Crippen LogP contribution in [0.3, 0.4) is 0 Å². The Hall–Kier alpha value is -3.33. The molecule has 0 bridgehead atoms. The van der Waals surface area contributed by atoms with Gasteiger partial charge in [0.15, 0.2) is 5.69 Å². The van der Waals surface area contributed by atoms with Gasteiger partial charge in [-0.25, -0.2) is 0 Å². The van der Waals surface area contributed by atoms with Gasteiger partial charge in [-0.15, -0.1) is 10.2 Å². The van der Waals surface area contributed by atoms with Crippen molar-refractivity contribution >= 4 is 23.4 Å². The average Bonchev–Trinajstić information content (AvgIpc) is 3.00. The standard InChI is InChI=1S/C25H28N4O4S/c1-6-21(30)29-19-10-8-7-9-17(19)22-23(26-25(28-27-22)34-14-15(2)3)33-24(29)18-12-11-16(31-4)13-20(18)32-5/h7-13,15,24H,6,14H2,1-5H3. The van der Waals surface area contributed by atoms with Gasteiger partial charge in [0, 0.05) is 23.8 Å². The van der Waals surface area contributed by atoms with Gasteiger partial charge in [0.25, 0.3) is 0 Å². The smallest absolute Gasteiger partial charge is 0.247 e. The molecule has 0 fully saturated rings. The fraction of sp³-hybridized carbons (Fsp3) is 0.360. The molecule has 9 heteroatoms. The highest BCUT2D eigenvalue weighted by Gasteiger charge is 2.36. The highest BCUT2D eigenvalue weighted by atomic mass is 32.2. The largest absolute Gasteiger partial charge is 0.497 e. The number of amides is 1. The summed E-state index contributed by atoms with van der Waals surface area (Å²) < 4.78 is 17.5. The minimum atomic E-state index is -0.824. The number of rotatable bonds is 7. The van der Waals surface area contributed by atoms with E-state index in [4.69, 9.17) is 19.2 Å². The highest BCUT2D eigenvalue weighted by Crippen LogP contribution is 2.45. The van der Waals surface area contributed by atoms with Crippen LogP contribution in [0.2, 0.25) is 0 Å². The van der Waals surface area contributed by atoms with Gasteiger partial charge >= 0.3 is 0 Å². The zero-order valence-corrected chi connectivity index (χ0v) is 20.8. The fourth-order valence-corrected chi connectivity index (χ4v) is 4.41. The maximum Gasteiger partial charge on any atom is 0.247 e. The summed E-state index contributed by atoms with van der Waals surface area (Å²) >= 11 is 1.52. The van der Waals surface area contributed by atoms with E-state index in [0.717, 1.165) is 11.3 Å². The summed E-state index contributed by atoms with van der Waals surface area (Å²) in [6.45, 7) is 6.09. The first-order valence-corrected chi connectivity index (χ1v) is 12.1. The number of carbonyl (C=O) groups excluding carboxylic acids is 1. The monoisotopic (exact) mass is 480 g/mol. The minimum Gasteiger partial charge on any atom is -0.497 e. The second kappa shape index (κ2) is 10.3. The zero-order valence-electron chi connectivity index (χ0n) is 19.9. The van der Waals surface area contributed by atoms with Gasteiger partial charge in [0.2, 0.25) is 23.2 Å². The number of benzene rings is 2. The van der Waals surface area contributed by atoms with Crippen LogP contribution in [0, 0.1) is 5.92 Å². The van der Waals surface area contributed by atoms with Gasteiger partial charge in [-0.2, -0.15) is 4.98 Å². The number of hydrogen-bond acceptors (Lipinski definition) is 8. The maximum absolute atomic E-state index is 13.3. The number of carbonyl (C=O) groups is 1. The molecule has 0 radical (unpaired) electrons. The summed E-state index contributed by atoms with van der Waals surface area (Å²) in [6.07, 6.45) is -0.534. The summed E-state index contributed by atoms with van der Waals surface area (Å²) in [5.74, 6) is 2.72. The Kier molecular flexibility index (Phi) is 7.21. The van der Waals surface area contributed by atoms with Gasteiger partial charge < -0.3 is 14.2 Å².